The van der Waals surface area contributed by atoms with Crippen molar-refractivity contribution in [3.05, 3.63) is 24.0 Å². The molecule has 0 saturated heterocycles. The molecule has 0 aliphatic rings. The molecular formula is C13H17N3O2S. The van der Waals surface area contributed by atoms with Crippen molar-refractivity contribution >= 4 is 17.4 Å². The molecule has 0 amide bonds. The zero-order valence-corrected chi connectivity index (χ0v) is 12.0. The zero-order chi connectivity index (χ0) is 14.0. The van der Waals surface area contributed by atoms with E-state index in [1.165, 1.54) is 6.07 Å². The molecule has 102 valence electrons. The van der Waals surface area contributed by atoms with Gasteiger partial charge in [-0.05, 0) is 12.1 Å². The minimum Gasteiger partial charge on any atom is -0.507 e. The summed E-state index contributed by atoms with van der Waals surface area (Å²) in [5.41, 5.74) is 6.56. The second kappa shape index (κ2) is 5.13. The molecule has 2 rings (SSSR count). The molecule has 0 bridgehead atoms. The van der Waals surface area contributed by atoms with Crippen molar-refractivity contribution < 1.29 is 9.63 Å². The largest absolute Gasteiger partial charge is 0.507 e. The van der Waals surface area contributed by atoms with Gasteiger partial charge in [0.15, 0.2) is 5.82 Å². The van der Waals surface area contributed by atoms with Crippen LogP contribution < -0.4 is 5.73 Å². The van der Waals surface area contributed by atoms with Crippen molar-refractivity contribution in [2.45, 2.75) is 31.3 Å². The summed E-state index contributed by atoms with van der Waals surface area (Å²) < 4.78 is 5.30. The zero-order valence-electron chi connectivity index (χ0n) is 11.2. The van der Waals surface area contributed by atoms with Gasteiger partial charge >= 0.3 is 0 Å². The number of nitrogens with zero attached hydrogens (tertiary/aromatic N) is 2. The minimum atomic E-state index is 0.0404. The summed E-state index contributed by atoms with van der Waals surface area (Å²) in [4.78, 5) is 4.27. The normalized spacial score (nSPS) is 11.7. The summed E-state index contributed by atoms with van der Waals surface area (Å²) in [6.45, 7) is 6.39. The molecule has 2 aromatic rings. The number of hydrogen-bond donors (Lipinski definition) is 2. The number of nitrogen functional groups attached to an aromatic ring is 1. The van der Waals surface area contributed by atoms with Crippen LogP contribution in [0.4, 0.5) is 5.69 Å². The Morgan fingerprint density at radius 2 is 2.11 bits per heavy atom. The molecule has 5 nitrogen and oxygen atoms in total. The number of benzene rings is 1. The van der Waals surface area contributed by atoms with E-state index < -0.39 is 0 Å². The van der Waals surface area contributed by atoms with Gasteiger partial charge in [-0.3, -0.25) is 0 Å². The molecule has 1 heterocycles. The Balaban J connectivity index is 2.16. The number of rotatable bonds is 3. The van der Waals surface area contributed by atoms with Gasteiger partial charge in [0.1, 0.15) is 5.75 Å². The fourth-order valence-electron chi connectivity index (χ4n) is 1.43. The second-order valence-electron chi connectivity index (χ2n) is 5.19. The van der Waals surface area contributed by atoms with Gasteiger partial charge in [-0.1, -0.05) is 25.9 Å². The Labute approximate surface area is 116 Å². The number of phenolic OH excluding ortho intramolecular Hbond substituents is 1. The van der Waals surface area contributed by atoms with Crippen LogP contribution in [0.15, 0.2) is 22.7 Å². The van der Waals surface area contributed by atoms with Crippen LogP contribution in [-0.2, 0) is 5.75 Å². The first-order valence-electron chi connectivity index (χ1n) is 5.90. The summed E-state index contributed by atoms with van der Waals surface area (Å²) >= 11 is 1.73. The van der Waals surface area contributed by atoms with Crippen molar-refractivity contribution in [1.29, 1.82) is 0 Å². The average molecular weight is 279 g/mol. The number of anilines is 1. The monoisotopic (exact) mass is 279 g/mol. The lowest BCUT2D eigenvalue weighted by molar-refractivity contribution is 0.419. The maximum atomic E-state index is 9.80. The summed E-state index contributed by atoms with van der Waals surface area (Å²) in [6.07, 6.45) is 0. The molecule has 0 saturated carbocycles. The molecule has 0 aliphatic carbocycles. The van der Waals surface area contributed by atoms with E-state index >= 15 is 0 Å². The van der Waals surface area contributed by atoms with Crippen molar-refractivity contribution in [2.75, 3.05) is 5.73 Å². The predicted octanol–water partition coefficient (Wildman–Crippen LogP) is 3.06. The fraction of sp³-hybridized carbons (Fsp3) is 0.385. The van der Waals surface area contributed by atoms with Crippen LogP contribution >= 0.6 is 11.8 Å². The van der Waals surface area contributed by atoms with Gasteiger partial charge in [0.2, 0.25) is 0 Å². The van der Waals surface area contributed by atoms with Crippen LogP contribution in [0.2, 0.25) is 0 Å². The minimum absolute atomic E-state index is 0.0404. The van der Waals surface area contributed by atoms with Gasteiger partial charge in [-0.25, -0.2) is 0 Å². The van der Waals surface area contributed by atoms with Gasteiger partial charge in [0, 0.05) is 16.5 Å². The smallest absolute Gasteiger partial charge is 0.261 e. The number of hydrogen-bond acceptors (Lipinski definition) is 6. The van der Waals surface area contributed by atoms with E-state index in [0.29, 0.717) is 28.7 Å². The third kappa shape index (κ3) is 3.64. The Bertz CT molecular complexity index is 576. The van der Waals surface area contributed by atoms with Crippen LogP contribution in [0.5, 0.6) is 5.75 Å². The molecule has 0 atom stereocenters. The molecule has 19 heavy (non-hydrogen) atoms. The Kier molecular flexibility index (Phi) is 3.71. The molecule has 1 aromatic heterocycles. The number of nitrogens with two attached hydrogens (primary N) is 1. The van der Waals surface area contributed by atoms with Gasteiger partial charge in [-0.15, -0.1) is 11.8 Å². The Morgan fingerprint density at radius 1 is 1.37 bits per heavy atom. The van der Waals surface area contributed by atoms with Gasteiger partial charge in [-0.2, -0.15) is 4.98 Å². The topological polar surface area (TPSA) is 85.2 Å². The SMILES string of the molecule is CC(C)(C)SCc1noc(-c2ccc(N)cc2O)n1. The molecule has 0 radical (unpaired) electrons. The molecule has 0 aliphatic heterocycles. The van der Waals surface area contributed by atoms with E-state index in [0.717, 1.165) is 0 Å². The summed E-state index contributed by atoms with van der Waals surface area (Å²) in [7, 11) is 0. The van der Waals surface area contributed by atoms with E-state index in [4.69, 9.17) is 10.3 Å². The number of aromatic nitrogens is 2. The van der Waals surface area contributed by atoms with Crippen LogP contribution in [0.25, 0.3) is 11.5 Å². The van der Waals surface area contributed by atoms with Crippen LogP contribution in [0.1, 0.15) is 26.6 Å². The highest BCUT2D eigenvalue weighted by Gasteiger charge is 2.16. The first-order chi connectivity index (χ1) is 8.85. The van der Waals surface area contributed by atoms with Crippen LogP contribution in [0, 0.1) is 0 Å². The lowest BCUT2D eigenvalue weighted by Gasteiger charge is -2.15. The lowest BCUT2D eigenvalue weighted by atomic mass is 10.2. The van der Waals surface area contributed by atoms with Crippen LogP contribution in [0.3, 0.4) is 0 Å². The highest BCUT2D eigenvalue weighted by Crippen LogP contribution is 2.31. The fourth-order valence-corrected chi connectivity index (χ4v) is 2.11. The third-order valence-corrected chi connectivity index (χ3v) is 3.62. The molecule has 3 N–H and O–H groups in total. The Morgan fingerprint density at radius 3 is 2.74 bits per heavy atom. The van der Waals surface area contributed by atoms with Gasteiger partial charge in [0.05, 0.1) is 11.3 Å². The standard InChI is InChI=1S/C13H17N3O2S/c1-13(2,3)19-7-11-15-12(18-16-11)9-5-4-8(14)6-10(9)17/h4-6,17H,7,14H2,1-3H3. The van der Waals surface area contributed by atoms with Crippen molar-refractivity contribution in [3.8, 4) is 17.2 Å². The molecule has 1 aromatic carbocycles. The molecular weight excluding hydrogens is 262 g/mol. The summed E-state index contributed by atoms with van der Waals surface area (Å²) in [5, 5.41) is 13.7. The van der Waals surface area contributed by atoms with E-state index in [2.05, 4.69) is 30.9 Å². The first kappa shape index (κ1) is 13.7. The number of phenols is 1. The maximum absolute atomic E-state index is 9.80. The summed E-state index contributed by atoms with van der Waals surface area (Å²) in [5.74, 6) is 1.63. The molecule has 6 heteroatoms. The predicted molar refractivity (Wildman–Crippen MR) is 76.9 cm³/mol. The average Bonchev–Trinajstić information content (AvgIpc) is 2.74. The first-order valence-corrected chi connectivity index (χ1v) is 6.89. The molecule has 0 unspecified atom stereocenters. The number of aromatic hydroxyl groups is 1. The number of thioether (sulfide) groups is 1. The van der Waals surface area contributed by atoms with E-state index in [-0.39, 0.29) is 10.5 Å². The van der Waals surface area contributed by atoms with Crippen molar-refractivity contribution in [1.82, 2.24) is 10.1 Å². The highest BCUT2D eigenvalue weighted by molar-refractivity contribution is 7.99. The summed E-state index contributed by atoms with van der Waals surface area (Å²) in [6, 6.07) is 4.81. The molecule has 0 spiro atoms. The highest BCUT2D eigenvalue weighted by atomic mass is 32.2. The third-order valence-electron chi connectivity index (χ3n) is 2.35. The van der Waals surface area contributed by atoms with Crippen molar-refractivity contribution in [2.24, 2.45) is 0 Å². The van der Waals surface area contributed by atoms with E-state index in [1.54, 1.807) is 23.9 Å². The van der Waals surface area contributed by atoms with E-state index in [9.17, 15) is 5.11 Å². The Hall–Kier alpha value is -1.69. The van der Waals surface area contributed by atoms with Crippen LogP contribution in [-0.4, -0.2) is 20.0 Å². The van der Waals surface area contributed by atoms with E-state index in [1.807, 2.05) is 0 Å². The van der Waals surface area contributed by atoms with Gasteiger partial charge < -0.3 is 15.4 Å². The van der Waals surface area contributed by atoms with Crippen molar-refractivity contribution in [3.63, 3.8) is 0 Å². The quantitative estimate of drug-likeness (QED) is 0.840. The lowest BCUT2D eigenvalue weighted by Crippen LogP contribution is -2.07. The maximum Gasteiger partial charge on any atom is 0.261 e. The second-order valence-corrected chi connectivity index (χ2v) is 7.00. The molecule has 0 fully saturated rings. The van der Waals surface area contributed by atoms with Gasteiger partial charge in [0.25, 0.3) is 5.89 Å².